The van der Waals surface area contributed by atoms with Crippen molar-refractivity contribution >= 4 is 0 Å². The predicted molar refractivity (Wildman–Crippen MR) is 72.2 cm³/mol. The van der Waals surface area contributed by atoms with Gasteiger partial charge in [0.25, 0.3) is 0 Å². The zero-order valence-electron chi connectivity index (χ0n) is 11.6. The van der Waals surface area contributed by atoms with E-state index in [1.807, 2.05) is 12.1 Å². The molecule has 2 aliphatic rings. The molecule has 3 rings (SSSR count). The number of β-amino-alcohol motifs (C(OH)–C–C–N with tert-alkyl or cyclic N) is 1. The summed E-state index contributed by atoms with van der Waals surface area (Å²) in [6.07, 6.45) is 0.772. The van der Waals surface area contributed by atoms with E-state index in [9.17, 15) is 5.11 Å². The van der Waals surface area contributed by atoms with Gasteiger partial charge >= 0.3 is 0 Å². The maximum Gasteiger partial charge on any atom is 0.231 e. The molecule has 19 heavy (non-hydrogen) atoms. The summed E-state index contributed by atoms with van der Waals surface area (Å²) in [5, 5.41) is 10.2. The molecule has 1 N–H and O–H groups in total. The van der Waals surface area contributed by atoms with Gasteiger partial charge in [-0.2, -0.15) is 0 Å². The summed E-state index contributed by atoms with van der Waals surface area (Å²) in [5.41, 5.74) is 1.24. The Morgan fingerprint density at radius 2 is 2.11 bits per heavy atom. The third-order valence-corrected chi connectivity index (χ3v) is 4.25. The van der Waals surface area contributed by atoms with E-state index in [1.165, 1.54) is 5.56 Å². The van der Waals surface area contributed by atoms with Crippen LogP contribution in [0, 0.1) is 5.41 Å². The van der Waals surface area contributed by atoms with Crippen LogP contribution in [-0.4, -0.2) is 36.0 Å². The van der Waals surface area contributed by atoms with Crippen LogP contribution in [0.1, 0.15) is 25.8 Å². The van der Waals surface area contributed by atoms with Crippen molar-refractivity contribution in [1.29, 1.82) is 0 Å². The second kappa shape index (κ2) is 4.69. The second-order valence-electron chi connectivity index (χ2n) is 6.18. The summed E-state index contributed by atoms with van der Waals surface area (Å²) in [5.74, 6) is 1.65. The molecule has 2 heterocycles. The molecule has 1 atom stereocenters. The van der Waals surface area contributed by atoms with Crippen molar-refractivity contribution in [2.75, 3.05) is 19.9 Å². The van der Waals surface area contributed by atoms with Crippen molar-refractivity contribution in [3.63, 3.8) is 0 Å². The van der Waals surface area contributed by atoms with Gasteiger partial charge in [0.05, 0.1) is 6.10 Å². The van der Waals surface area contributed by atoms with Gasteiger partial charge in [-0.05, 0) is 36.1 Å². The van der Waals surface area contributed by atoms with Crippen molar-refractivity contribution in [3.05, 3.63) is 23.8 Å². The molecular formula is C15H21NO3. The molecule has 0 aromatic heterocycles. The number of aliphatic hydroxyl groups excluding tert-OH is 1. The molecule has 2 aliphatic heterocycles. The summed E-state index contributed by atoms with van der Waals surface area (Å²) >= 11 is 0. The Labute approximate surface area is 113 Å². The van der Waals surface area contributed by atoms with Gasteiger partial charge in [-0.15, -0.1) is 0 Å². The minimum atomic E-state index is -0.254. The van der Waals surface area contributed by atoms with E-state index in [-0.39, 0.29) is 11.5 Å². The van der Waals surface area contributed by atoms with Crippen LogP contribution in [-0.2, 0) is 6.54 Å². The number of benzene rings is 1. The van der Waals surface area contributed by atoms with E-state index in [0.29, 0.717) is 6.79 Å². The van der Waals surface area contributed by atoms with E-state index < -0.39 is 0 Å². The first-order chi connectivity index (χ1) is 9.04. The largest absolute Gasteiger partial charge is 0.454 e. The minimum absolute atomic E-state index is 0.0331. The van der Waals surface area contributed by atoms with Gasteiger partial charge in [0.15, 0.2) is 11.5 Å². The molecule has 1 unspecified atom stereocenters. The average molecular weight is 263 g/mol. The molecule has 1 saturated heterocycles. The first-order valence-corrected chi connectivity index (χ1v) is 6.83. The Hall–Kier alpha value is -1.26. The lowest BCUT2D eigenvalue weighted by molar-refractivity contribution is -0.0278. The van der Waals surface area contributed by atoms with E-state index in [1.54, 1.807) is 0 Å². The van der Waals surface area contributed by atoms with Crippen LogP contribution in [0.4, 0.5) is 0 Å². The molecule has 0 saturated carbocycles. The Morgan fingerprint density at radius 1 is 1.32 bits per heavy atom. The van der Waals surface area contributed by atoms with Gasteiger partial charge in [-0.1, -0.05) is 19.9 Å². The number of likely N-dealkylation sites (tertiary alicyclic amines) is 1. The Balaban J connectivity index is 1.66. The van der Waals surface area contributed by atoms with Crippen LogP contribution >= 0.6 is 0 Å². The lowest BCUT2D eigenvalue weighted by Crippen LogP contribution is -2.47. The Bertz CT molecular complexity index is 472. The van der Waals surface area contributed by atoms with E-state index in [2.05, 4.69) is 24.8 Å². The number of ether oxygens (including phenoxy) is 2. The van der Waals surface area contributed by atoms with Gasteiger partial charge in [-0.25, -0.2) is 0 Å². The molecule has 0 bridgehead atoms. The smallest absolute Gasteiger partial charge is 0.231 e. The molecule has 0 aliphatic carbocycles. The molecule has 1 aromatic rings. The number of nitrogens with zero attached hydrogens (tertiary/aromatic N) is 1. The van der Waals surface area contributed by atoms with Crippen LogP contribution in [0.25, 0.3) is 0 Å². The molecule has 0 radical (unpaired) electrons. The maximum atomic E-state index is 10.2. The summed E-state index contributed by atoms with van der Waals surface area (Å²) in [6.45, 7) is 7.20. The highest BCUT2D eigenvalue weighted by Gasteiger charge is 2.34. The number of aliphatic hydroxyl groups is 1. The van der Waals surface area contributed by atoms with Crippen molar-refractivity contribution < 1.29 is 14.6 Å². The molecule has 0 spiro atoms. The highest BCUT2D eigenvalue weighted by molar-refractivity contribution is 5.44. The van der Waals surface area contributed by atoms with Crippen molar-refractivity contribution in [1.82, 2.24) is 4.90 Å². The third-order valence-electron chi connectivity index (χ3n) is 4.25. The summed E-state index contributed by atoms with van der Waals surface area (Å²) in [4.78, 5) is 2.30. The van der Waals surface area contributed by atoms with Gasteiger partial charge < -0.3 is 14.6 Å². The molecule has 4 heteroatoms. The normalized spacial score (nSPS) is 25.5. The zero-order chi connectivity index (χ0) is 13.5. The number of hydrogen-bond acceptors (Lipinski definition) is 4. The van der Waals surface area contributed by atoms with Crippen molar-refractivity contribution in [2.24, 2.45) is 5.41 Å². The lowest BCUT2D eigenvalue weighted by atomic mass is 9.80. The highest BCUT2D eigenvalue weighted by Crippen LogP contribution is 2.34. The quantitative estimate of drug-likeness (QED) is 0.886. The summed E-state index contributed by atoms with van der Waals surface area (Å²) in [7, 11) is 0. The minimum Gasteiger partial charge on any atom is -0.454 e. The lowest BCUT2D eigenvalue weighted by Gasteiger charge is -2.41. The van der Waals surface area contributed by atoms with Crippen molar-refractivity contribution in [3.8, 4) is 11.5 Å². The number of rotatable bonds is 2. The van der Waals surface area contributed by atoms with Crippen LogP contribution in [0.5, 0.6) is 11.5 Å². The summed E-state index contributed by atoms with van der Waals surface area (Å²) in [6, 6.07) is 6.07. The fourth-order valence-electron chi connectivity index (χ4n) is 2.64. The predicted octanol–water partition coefficient (Wildman–Crippen LogP) is 2.01. The van der Waals surface area contributed by atoms with E-state index >= 15 is 0 Å². The monoisotopic (exact) mass is 263 g/mol. The number of hydrogen-bond donors (Lipinski definition) is 1. The van der Waals surface area contributed by atoms with Crippen LogP contribution in [0.3, 0.4) is 0 Å². The Morgan fingerprint density at radius 3 is 2.89 bits per heavy atom. The standard InChI is InChI=1S/C15H21NO3/c1-15(2)5-6-16(9-14(15)17)8-11-3-4-12-13(7-11)19-10-18-12/h3-4,7,14,17H,5-6,8-10H2,1-2H3. The van der Waals surface area contributed by atoms with Crippen molar-refractivity contribution in [2.45, 2.75) is 32.9 Å². The topological polar surface area (TPSA) is 41.9 Å². The second-order valence-corrected chi connectivity index (χ2v) is 6.18. The average Bonchev–Trinajstić information content (AvgIpc) is 2.82. The molecule has 1 aromatic carbocycles. The molecule has 1 fully saturated rings. The first-order valence-electron chi connectivity index (χ1n) is 6.83. The molecule has 104 valence electrons. The third kappa shape index (κ3) is 2.55. The fourth-order valence-corrected chi connectivity index (χ4v) is 2.64. The Kier molecular flexibility index (Phi) is 3.15. The van der Waals surface area contributed by atoms with Gasteiger partial charge in [0.1, 0.15) is 0 Å². The van der Waals surface area contributed by atoms with E-state index in [4.69, 9.17) is 9.47 Å². The highest BCUT2D eigenvalue weighted by atomic mass is 16.7. The maximum absolute atomic E-state index is 10.2. The van der Waals surface area contributed by atoms with Crippen LogP contribution < -0.4 is 9.47 Å². The molecular weight excluding hydrogens is 242 g/mol. The number of fused-ring (bicyclic) bond motifs is 1. The zero-order valence-corrected chi connectivity index (χ0v) is 11.6. The van der Waals surface area contributed by atoms with Gasteiger partial charge in [-0.3, -0.25) is 4.90 Å². The van der Waals surface area contributed by atoms with Crippen LogP contribution in [0.15, 0.2) is 18.2 Å². The van der Waals surface area contributed by atoms with Gasteiger partial charge in [0.2, 0.25) is 6.79 Å². The molecule has 4 nitrogen and oxygen atoms in total. The summed E-state index contributed by atoms with van der Waals surface area (Å²) < 4.78 is 10.7. The first kappa shape index (κ1) is 12.8. The van der Waals surface area contributed by atoms with E-state index in [0.717, 1.165) is 37.6 Å². The SMILES string of the molecule is CC1(C)CCN(Cc2ccc3c(c2)OCO3)CC1O. The fraction of sp³-hybridized carbons (Fsp3) is 0.600. The van der Waals surface area contributed by atoms with Gasteiger partial charge in [0, 0.05) is 13.1 Å². The van der Waals surface area contributed by atoms with Crippen LogP contribution in [0.2, 0.25) is 0 Å². The number of piperidine rings is 1. The molecule has 0 amide bonds.